The van der Waals surface area contributed by atoms with Crippen molar-refractivity contribution in [3.8, 4) is 5.75 Å². The summed E-state index contributed by atoms with van der Waals surface area (Å²) in [6, 6.07) is 8.03. The Morgan fingerprint density at radius 3 is 2.56 bits per heavy atom. The van der Waals surface area contributed by atoms with Crippen LogP contribution in [0, 0.1) is 16.2 Å². The van der Waals surface area contributed by atoms with Gasteiger partial charge in [-0.2, -0.15) is 0 Å². The second-order valence-electron chi connectivity index (χ2n) is 9.93. The number of benzene rings is 1. The molecule has 25 heavy (non-hydrogen) atoms. The first-order valence-electron chi connectivity index (χ1n) is 9.83. The molecule has 3 fully saturated rings. The molecule has 2 aliphatic heterocycles. The maximum Gasteiger partial charge on any atom is 0.125 e. The molecule has 0 amide bonds. The minimum atomic E-state index is -0.538. The standard InChI is InChI=1S/C22H30O3/c1-18(2)10-7-11-19(3)21-14-24-22(18,19)13-12-20(21,4)25-16-9-6-5-8-15(16)17(21)23/h5-6,8-9,17,23H,7,10-14H2,1-4H3/t17-,19+,20-,21+,22+/m1/s1. The lowest BCUT2D eigenvalue weighted by atomic mass is 9.37. The number of ether oxygens (including phenoxy) is 2. The van der Waals surface area contributed by atoms with Crippen molar-refractivity contribution in [2.75, 3.05) is 6.61 Å². The van der Waals surface area contributed by atoms with Crippen LogP contribution in [-0.4, -0.2) is 22.9 Å². The van der Waals surface area contributed by atoms with E-state index in [-0.39, 0.29) is 27.4 Å². The fraction of sp³-hybridized carbons (Fsp3) is 0.727. The van der Waals surface area contributed by atoms with Gasteiger partial charge in [-0.15, -0.1) is 0 Å². The van der Waals surface area contributed by atoms with Crippen LogP contribution >= 0.6 is 0 Å². The highest BCUT2D eigenvalue weighted by Crippen LogP contribution is 2.78. The molecule has 2 bridgehead atoms. The summed E-state index contributed by atoms with van der Waals surface area (Å²) in [6.07, 6.45) is 4.92. The van der Waals surface area contributed by atoms with E-state index in [1.807, 2.05) is 24.3 Å². The van der Waals surface area contributed by atoms with Crippen molar-refractivity contribution in [3.05, 3.63) is 29.8 Å². The summed E-state index contributed by atoms with van der Waals surface area (Å²) < 4.78 is 13.4. The average Bonchev–Trinajstić information content (AvgIpc) is 2.73. The number of para-hydroxylation sites is 1. The molecular formula is C22H30O3. The van der Waals surface area contributed by atoms with Crippen molar-refractivity contribution < 1.29 is 14.6 Å². The zero-order chi connectivity index (χ0) is 17.7. The lowest BCUT2D eigenvalue weighted by Crippen LogP contribution is -2.73. The van der Waals surface area contributed by atoms with Gasteiger partial charge < -0.3 is 14.6 Å². The Balaban J connectivity index is 1.78. The number of aliphatic hydroxyl groups excluding tert-OH is 1. The maximum absolute atomic E-state index is 11.7. The molecule has 0 radical (unpaired) electrons. The second-order valence-corrected chi connectivity index (χ2v) is 9.93. The molecule has 3 heteroatoms. The maximum atomic E-state index is 11.7. The topological polar surface area (TPSA) is 38.7 Å². The van der Waals surface area contributed by atoms with Gasteiger partial charge in [-0.25, -0.2) is 0 Å². The van der Waals surface area contributed by atoms with Gasteiger partial charge in [0.1, 0.15) is 11.4 Å². The molecule has 1 saturated heterocycles. The minimum Gasteiger partial charge on any atom is -0.486 e. The number of hydrogen-bond acceptors (Lipinski definition) is 3. The molecule has 1 aromatic carbocycles. The minimum absolute atomic E-state index is 0.0816. The summed E-state index contributed by atoms with van der Waals surface area (Å²) in [4.78, 5) is 0. The molecule has 0 aromatic heterocycles. The lowest BCUT2D eigenvalue weighted by molar-refractivity contribution is -0.257. The number of fused-ring (bicyclic) bond motifs is 1. The molecule has 5 atom stereocenters. The van der Waals surface area contributed by atoms with E-state index in [0.29, 0.717) is 6.61 Å². The summed E-state index contributed by atoms with van der Waals surface area (Å²) >= 11 is 0. The first-order chi connectivity index (χ1) is 11.7. The molecule has 1 aromatic rings. The third kappa shape index (κ3) is 1.46. The number of aliphatic hydroxyl groups is 1. The average molecular weight is 342 g/mol. The molecule has 2 aliphatic carbocycles. The third-order valence-corrected chi connectivity index (χ3v) is 8.91. The zero-order valence-corrected chi connectivity index (χ0v) is 15.9. The van der Waals surface area contributed by atoms with E-state index < -0.39 is 6.10 Å². The van der Waals surface area contributed by atoms with Crippen molar-refractivity contribution in [2.24, 2.45) is 16.2 Å². The smallest absolute Gasteiger partial charge is 0.125 e. The van der Waals surface area contributed by atoms with Crippen LogP contribution in [0.4, 0.5) is 0 Å². The highest BCUT2D eigenvalue weighted by molar-refractivity contribution is 5.44. The van der Waals surface area contributed by atoms with Crippen molar-refractivity contribution in [2.45, 2.75) is 77.1 Å². The predicted octanol–water partition coefficient (Wildman–Crippen LogP) is 4.64. The van der Waals surface area contributed by atoms with Gasteiger partial charge >= 0.3 is 0 Å². The molecule has 1 spiro atoms. The summed E-state index contributed by atoms with van der Waals surface area (Å²) in [5.74, 6) is 0.848. The van der Waals surface area contributed by atoms with Crippen molar-refractivity contribution >= 4 is 0 Å². The molecule has 136 valence electrons. The van der Waals surface area contributed by atoms with E-state index in [4.69, 9.17) is 9.47 Å². The van der Waals surface area contributed by atoms with E-state index in [1.54, 1.807) is 0 Å². The molecular weight excluding hydrogens is 312 g/mol. The Kier molecular flexibility index (Phi) is 2.86. The van der Waals surface area contributed by atoms with Crippen LogP contribution in [-0.2, 0) is 4.74 Å². The summed E-state index contributed by atoms with van der Waals surface area (Å²) in [5, 5.41) is 11.7. The quantitative estimate of drug-likeness (QED) is 0.747. The van der Waals surface area contributed by atoms with E-state index in [0.717, 1.165) is 30.6 Å². The zero-order valence-electron chi connectivity index (χ0n) is 15.9. The summed E-state index contributed by atoms with van der Waals surface area (Å²) in [6.45, 7) is 9.95. The van der Waals surface area contributed by atoms with Crippen molar-refractivity contribution in [1.82, 2.24) is 0 Å². The predicted molar refractivity (Wildman–Crippen MR) is 96.5 cm³/mol. The Labute approximate surface area is 150 Å². The van der Waals surface area contributed by atoms with Gasteiger partial charge in [0.15, 0.2) is 0 Å². The largest absolute Gasteiger partial charge is 0.486 e. The first-order valence-corrected chi connectivity index (χ1v) is 9.83. The van der Waals surface area contributed by atoms with Crippen LogP contribution in [0.25, 0.3) is 0 Å². The van der Waals surface area contributed by atoms with Crippen LogP contribution in [0.2, 0.25) is 0 Å². The monoisotopic (exact) mass is 342 g/mol. The van der Waals surface area contributed by atoms with Gasteiger partial charge in [0, 0.05) is 11.0 Å². The SMILES string of the molecule is CC1(C)CCC[C@@]2(C)[C@@]34CO[C@@]12CC[C@@]3(C)Oc1ccccc1[C@H]4O. The second kappa shape index (κ2) is 4.43. The Morgan fingerprint density at radius 2 is 1.76 bits per heavy atom. The van der Waals surface area contributed by atoms with E-state index in [2.05, 4.69) is 27.7 Å². The fourth-order valence-electron chi connectivity index (χ4n) is 7.55. The van der Waals surface area contributed by atoms with Crippen LogP contribution in [0.1, 0.15) is 71.5 Å². The third-order valence-electron chi connectivity index (χ3n) is 8.91. The van der Waals surface area contributed by atoms with Crippen LogP contribution in [0.5, 0.6) is 5.75 Å². The lowest BCUT2D eigenvalue weighted by Gasteiger charge is -2.68. The van der Waals surface area contributed by atoms with Crippen LogP contribution < -0.4 is 4.74 Å². The summed E-state index contributed by atoms with van der Waals surface area (Å²) in [7, 11) is 0. The normalized spacial score (nSPS) is 49.6. The number of rotatable bonds is 0. The molecule has 3 nitrogen and oxygen atoms in total. The van der Waals surface area contributed by atoms with E-state index in [1.165, 1.54) is 12.8 Å². The molecule has 4 aliphatic rings. The van der Waals surface area contributed by atoms with Crippen molar-refractivity contribution in [1.29, 1.82) is 0 Å². The molecule has 2 saturated carbocycles. The van der Waals surface area contributed by atoms with Gasteiger partial charge in [0.05, 0.1) is 23.7 Å². The van der Waals surface area contributed by atoms with Gasteiger partial charge in [-0.05, 0) is 44.1 Å². The van der Waals surface area contributed by atoms with Gasteiger partial charge in [0.2, 0.25) is 0 Å². The van der Waals surface area contributed by atoms with E-state index >= 15 is 0 Å². The van der Waals surface area contributed by atoms with E-state index in [9.17, 15) is 5.11 Å². The Hall–Kier alpha value is -1.06. The van der Waals surface area contributed by atoms with Crippen LogP contribution in [0.3, 0.4) is 0 Å². The van der Waals surface area contributed by atoms with Gasteiger partial charge in [-0.1, -0.05) is 45.4 Å². The van der Waals surface area contributed by atoms with Crippen molar-refractivity contribution in [3.63, 3.8) is 0 Å². The van der Waals surface area contributed by atoms with Gasteiger partial charge in [0.25, 0.3) is 0 Å². The highest BCUT2D eigenvalue weighted by Gasteiger charge is 2.82. The number of hydrogen-bond donors (Lipinski definition) is 1. The van der Waals surface area contributed by atoms with Crippen LogP contribution in [0.15, 0.2) is 24.3 Å². The fourth-order valence-corrected chi connectivity index (χ4v) is 7.55. The van der Waals surface area contributed by atoms with Gasteiger partial charge in [-0.3, -0.25) is 0 Å². The molecule has 0 unspecified atom stereocenters. The first kappa shape index (κ1) is 16.1. The highest BCUT2D eigenvalue weighted by atomic mass is 16.5. The Morgan fingerprint density at radius 1 is 1.00 bits per heavy atom. The Bertz CT molecular complexity index is 743. The molecule has 2 heterocycles. The molecule has 1 N–H and O–H groups in total. The molecule has 5 rings (SSSR count). The summed E-state index contributed by atoms with van der Waals surface area (Å²) in [5.41, 5.74) is 0.0519.